The molecule has 1 aliphatic carbocycles. The number of hydrogen-bond acceptors (Lipinski definition) is 4. The molecule has 1 fully saturated rings. The van der Waals surface area contributed by atoms with E-state index in [2.05, 4.69) is 15.4 Å². The summed E-state index contributed by atoms with van der Waals surface area (Å²) in [5.74, 6) is 0.550. The van der Waals surface area contributed by atoms with E-state index in [4.69, 9.17) is 4.74 Å². The van der Waals surface area contributed by atoms with Gasteiger partial charge in [0.15, 0.2) is 17.4 Å². The van der Waals surface area contributed by atoms with Crippen molar-refractivity contribution in [2.45, 2.75) is 32.0 Å². The van der Waals surface area contributed by atoms with Crippen LogP contribution >= 0.6 is 0 Å². The Morgan fingerprint density at radius 2 is 2.30 bits per heavy atom. The van der Waals surface area contributed by atoms with E-state index in [0.29, 0.717) is 18.4 Å². The monoisotopic (exact) mass is 276 g/mol. The molecule has 0 amide bonds. The Labute approximate surface area is 116 Å². The summed E-state index contributed by atoms with van der Waals surface area (Å²) in [4.78, 5) is 4.03. The van der Waals surface area contributed by atoms with Crippen LogP contribution in [0.5, 0.6) is 5.75 Å². The molecule has 0 spiro atoms. The second-order valence-electron chi connectivity index (χ2n) is 5.01. The van der Waals surface area contributed by atoms with Crippen LogP contribution in [0, 0.1) is 5.82 Å². The largest absolute Gasteiger partial charge is 0.483 e. The number of ether oxygens (including phenoxy) is 1. The van der Waals surface area contributed by atoms with Gasteiger partial charge in [0, 0.05) is 19.6 Å². The Morgan fingerprint density at radius 3 is 2.95 bits per heavy atom. The molecule has 1 aliphatic rings. The maximum atomic E-state index is 13.9. The summed E-state index contributed by atoms with van der Waals surface area (Å²) in [5.41, 5.74) is 0.931. The van der Waals surface area contributed by atoms with Crippen molar-refractivity contribution in [2.24, 2.45) is 7.05 Å². The minimum absolute atomic E-state index is 0.201. The van der Waals surface area contributed by atoms with Gasteiger partial charge in [-0.3, -0.25) is 4.68 Å². The van der Waals surface area contributed by atoms with Crippen LogP contribution in [0.15, 0.2) is 24.5 Å². The van der Waals surface area contributed by atoms with Crippen molar-refractivity contribution in [3.63, 3.8) is 0 Å². The van der Waals surface area contributed by atoms with Crippen LogP contribution in [-0.2, 0) is 20.2 Å². The van der Waals surface area contributed by atoms with Gasteiger partial charge in [-0.1, -0.05) is 6.07 Å². The average Bonchev–Trinajstić information content (AvgIpc) is 3.18. The third-order valence-corrected chi connectivity index (χ3v) is 3.33. The zero-order chi connectivity index (χ0) is 13.9. The van der Waals surface area contributed by atoms with Crippen LogP contribution in [0.25, 0.3) is 0 Å². The van der Waals surface area contributed by atoms with Crippen molar-refractivity contribution in [3.05, 3.63) is 41.7 Å². The molecule has 0 atom stereocenters. The highest BCUT2D eigenvalue weighted by Gasteiger charge is 2.20. The Kier molecular flexibility index (Phi) is 3.64. The minimum atomic E-state index is -0.345. The lowest BCUT2D eigenvalue weighted by molar-refractivity contribution is 0.275. The molecule has 1 heterocycles. The number of aromatic nitrogens is 3. The van der Waals surface area contributed by atoms with E-state index >= 15 is 0 Å². The first-order valence-corrected chi connectivity index (χ1v) is 6.70. The molecular weight excluding hydrogens is 259 g/mol. The van der Waals surface area contributed by atoms with Gasteiger partial charge >= 0.3 is 0 Å². The number of benzene rings is 1. The Hall–Kier alpha value is -1.95. The highest BCUT2D eigenvalue weighted by atomic mass is 19.1. The average molecular weight is 276 g/mol. The lowest BCUT2D eigenvalue weighted by Crippen LogP contribution is -2.15. The SMILES string of the molecule is Cn1ncnc1COc1ccc(CNC2CC2)cc1F. The van der Waals surface area contributed by atoms with Crippen molar-refractivity contribution in [2.75, 3.05) is 0 Å². The molecule has 0 aliphatic heterocycles. The molecule has 106 valence electrons. The minimum Gasteiger partial charge on any atom is -0.483 e. The molecule has 0 saturated heterocycles. The fourth-order valence-corrected chi connectivity index (χ4v) is 1.91. The van der Waals surface area contributed by atoms with Crippen LogP contribution in [0.4, 0.5) is 4.39 Å². The van der Waals surface area contributed by atoms with Gasteiger partial charge in [-0.25, -0.2) is 9.37 Å². The van der Waals surface area contributed by atoms with Gasteiger partial charge in [-0.2, -0.15) is 5.10 Å². The van der Waals surface area contributed by atoms with E-state index < -0.39 is 0 Å². The van der Waals surface area contributed by atoms with Gasteiger partial charge < -0.3 is 10.1 Å². The summed E-state index contributed by atoms with van der Waals surface area (Å²) < 4.78 is 21.0. The topological polar surface area (TPSA) is 52.0 Å². The molecule has 3 rings (SSSR count). The van der Waals surface area contributed by atoms with Crippen molar-refractivity contribution < 1.29 is 9.13 Å². The fourth-order valence-electron chi connectivity index (χ4n) is 1.91. The molecule has 2 aromatic rings. The smallest absolute Gasteiger partial charge is 0.165 e. The van der Waals surface area contributed by atoms with Crippen LogP contribution in [0.3, 0.4) is 0 Å². The lowest BCUT2D eigenvalue weighted by atomic mass is 10.2. The maximum Gasteiger partial charge on any atom is 0.165 e. The van der Waals surface area contributed by atoms with Crippen molar-refractivity contribution in [1.82, 2.24) is 20.1 Å². The Morgan fingerprint density at radius 1 is 1.45 bits per heavy atom. The normalized spacial score (nSPS) is 14.5. The van der Waals surface area contributed by atoms with E-state index in [9.17, 15) is 4.39 Å². The number of aryl methyl sites for hydroxylation is 1. The van der Waals surface area contributed by atoms with Crippen LogP contribution in [-0.4, -0.2) is 20.8 Å². The van der Waals surface area contributed by atoms with Crippen molar-refractivity contribution in [3.8, 4) is 5.75 Å². The van der Waals surface area contributed by atoms with E-state index in [0.717, 1.165) is 5.56 Å². The zero-order valence-corrected chi connectivity index (χ0v) is 11.3. The van der Waals surface area contributed by atoms with E-state index in [1.807, 2.05) is 6.07 Å². The number of halogens is 1. The van der Waals surface area contributed by atoms with Gasteiger partial charge in [-0.05, 0) is 30.5 Å². The molecule has 0 unspecified atom stereocenters. The number of nitrogens with zero attached hydrogens (tertiary/aromatic N) is 3. The predicted octanol–water partition coefficient (Wildman–Crippen LogP) is 1.79. The predicted molar refractivity (Wildman–Crippen MR) is 71.6 cm³/mol. The van der Waals surface area contributed by atoms with Gasteiger partial charge in [0.05, 0.1) is 0 Å². The van der Waals surface area contributed by atoms with Crippen LogP contribution < -0.4 is 10.1 Å². The maximum absolute atomic E-state index is 13.9. The molecule has 6 heteroatoms. The number of nitrogens with one attached hydrogen (secondary N) is 1. The van der Waals surface area contributed by atoms with Gasteiger partial charge in [0.2, 0.25) is 0 Å². The third kappa shape index (κ3) is 3.14. The van der Waals surface area contributed by atoms with Crippen molar-refractivity contribution in [1.29, 1.82) is 0 Å². The lowest BCUT2D eigenvalue weighted by Gasteiger charge is -2.09. The summed E-state index contributed by atoms with van der Waals surface area (Å²) in [6, 6.07) is 5.67. The molecule has 1 saturated carbocycles. The molecule has 1 N–H and O–H groups in total. The quantitative estimate of drug-likeness (QED) is 0.874. The molecule has 5 nitrogen and oxygen atoms in total. The van der Waals surface area contributed by atoms with E-state index in [-0.39, 0.29) is 18.2 Å². The Balaban J connectivity index is 1.60. The highest BCUT2D eigenvalue weighted by Crippen LogP contribution is 2.22. The number of hydrogen-bond donors (Lipinski definition) is 1. The first-order valence-electron chi connectivity index (χ1n) is 6.70. The van der Waals surface area contributed by atoms with Crippen molar-refractivity contribution >= 4 is 0 Å². The molecule has 0 radical (unpaired) electrons. The summed E-state index contributed by atoms with van der Waals surface area (Å²) in [7, 11) is 1.77. The van der Waals surface area contributed by atoms with Crippen LogP contribution in [0.2, 0.25) is 0 Å². The molecular formula is C14H17FN4O. The van der Waals surface area contributed by atoms with Gasteiger partial charge in [0.25, 0.3) is 0 Å². The number of rotatable bonds is 6. The van der Waals surface area contributed by atoms with Gasteiger partial charge in [0.1, 0.15) is 12.9 Å². The molecule has 1 aromatic carbocycles. The second kappa shape index (κ2) is 5.58. The first kappa shape index (κ1) is 13.1. The molecule has 1 aromatic heterocycles. The van der Waals surface area contributed by atoms with Gasteiger partial charge in [-0.15, -0.1) is 0 Å². The summed E-state index contributed by atoms with van der Waals surface area (Å²) in [5, 5.41) is 7.29. The van der Waals surface area contributed by atoms with Crippen LogP contribution in [0.1, 0.15) is 24.2 Å². The van der Waals surface area contributed by atoms with E-state index in [1.165, 1.54) is 25.2 Å². The summed E-state index contributed by atoms with van der Waals surface area (Å²) >= 11 is 0. The van der Waals surface area contributed by atoms with E-state index in [1.54, 1.807) is 17.8 Å². The summed E-state index contributed by atoms with van der Waals surface area (Å²) in [6.45, 7) is 0.901. The standard InChI is InChI=1S/C14H17FN4O/c1-19-14(17-9-18-19)8-20-13-5-2-10(6-12(13)15)7-16-11-3-4-11/h2,5-6,9,11,16H,3-4,7-8H2,1H3. The first-order chi connectivity index (χ1) is 9.72. The second-order valence-corrected chi connectivity index (χ2v) is 5.01. The zero-order valence-electron chi connectivity index (χ0n) is 11.3. The Bertz CT molecular complexity index is 595. The molecule has 20 heavy (non-hydrogen) atoms. The summed E-state index contributed by atoms with van der Waals surface area (Å²) in [6.07, 6.45) is 3.89. The highest BCUT2D eigenvalue weighted by molar-refractivity contribution is 5.29. The third-order valence-electron chi connectivity index (χ3n) is 3.33. The fraction of sp³-hybridized carbons (Fsp3) is 0.429. The molecule has 0 bridgehead atoms.